The molecule has 0 amide bonds. The summed E-state index contributed by atoms with van der Waals surface area (Å²) in [6.07, 6.45) is 0. The van der Waals surface area contributed by atoms with E-state index in [1.807, 2.05) is 0 Å². The van der Waals surface area contributed by atoms with Crippen LogP contribution >= 0.6 is 0 Å². The Labute approximate surface area is 121 Å². The third-order valence-electron chi connectivity index (χ3n) is 3.96. The van der Waals surface area contributed by atoms with Crippen molar-refractivity contribution < 1.29 is 4.74 Å². The number of hydrogen-bond donors (Lipinski definition) is 0. The quantitative estimate of drug-likeness (QED) is 0.484. The van der Waals surface area contributed by atoms with Gasteiger partial charge in [0.1, 0.15) is 11.5 Å². The maximum absolute atomic E-state index is 5.55. The molecule has 1 aliphatic heterocycles. The van der Waals surface area contributed by atoms with Gasteiger partial charge in [-0.2, -0.15) is 0 Å². The molecular formula is C18H17OS+. The van der Waals surface area contributed by atoms with E-state index >= 15 is 0 Å². The van der Waals surface area contributed by atoms with Crippen molar-refractivity contribution >= 4 is 32.4 Å². The lowest BCUT2D eigenvalue weighted by Crippen LogP contribution is -2.26. The highest BCUT2D eigenvalue weighted by molar-refractivity contribution is 7.97. The third-order valence-corrected chi connectivity index (χ3v) is 6.29. The van der Waals surface area contributed by atoms with Crippen LogP contribution in [0.2, 0.25) is 0 Å². The van der Waals surface area contributed by atoms with Crippen LogP contribution in [0.1, 0.15) is 0 Å². The summed E-state index contributed by atoms with van der Waals surface area (Å²) in [4.78, 5) is 1.56. The van der Waals surface area contributed by atoms with Gasteiger partial charge in [0.25, 0.3) is 0 Å². The first-order chi connectivity index (χ1) is 9.93. The highest BCUT2D eigenvalue weighted by Gasteiger charge is 2.29. The predicted octanol–water partition coefficient (Wildman–Crippen LogP) is 4.00. The van der Waals surface area contributed by atoms with Crippen LogP contribution in [0.15, 0.2) is 59.5 Å². The minimum Gasteiger partial charge on any atom is -0.372 e. The van der Waals surface area contributed by atoms with Gasteiger partial charge in [-0.05, 0) is 29.0 Å². The van der Waals surface area contributed by atoms with E-state index in [0.29, 0.717) is 10.9 Å². The Bertz CT molecular complexity index is 706. The number of ether oxygens (including phenoxy) is 1. The molecule has 0 atom stereocenters. The first-order valence-electron chi connectivity index (χ1n) is 7.09. The van der Waals surface area contributed by atoms with Crippen molar-refractivity contribution in [2.45, 2.75) is 4.90 Å². The van der Waals surface area contributed by atoms with Crippen LogP contribution in [0.4, 0.5) is 0 Å². The molecule has 1 nitrogen and oxygen atoms in total. The SMILES string of the molecule is c1ccc2c([S+]3CCOCC3)c3ccccc3cc2c1. The lowest BCUT2D eigenvalue weighted by Gasteiger charge is -2.17. The molecule has 1 heterocycles. The van der Waals surface area contributed by atoms with Crippen LogP contribution in [0.5, 0.6) is 0 Å². The zero-order valence-corrected chi connectivity index (χ0v) is 12.2. The summed E-state index contributed by atoms with van der Waals surface area (Å²) in [5, 5.41) is 5.58. The van der Waals surface area contributed by atoms with Crippen molar-refractivity contribution in [3.63, 3.8) is 0 Å². The minimum absolute atomic E-state index is 0.318. The van der Waals surface area contributed by atoms with E-state index in [4.69, 9.17) is 4.74 Å². The van der Waals surface area contributed by atoms with E-state index < -0.39 is 0 Å². The van der Waals surface area contributed by atoms with Gasteiger partial charge in [0, 0.05) is 21.7 Å². The van der Waals surface area contributed by atoms with Crippen molar-refractivity contribution in [3.05, 3.63) is 54.6 Å². The molecular weight excluding hydrogens is 264 g/mol. The van der Waals surface area contributed by atoms with E-state index in [-0.39, 0.29) is 0 Å². The summed E-state index contributed by atoms with van der Waals surface area (Å²) in [7, 11) is 0.318. The summed E-state index contributed by atoms with van der Waals surface area (Å²) in [5.41, 5.74) is 0. The highest BCUT2D eigenvalue weighted by Crippen LogP contribution is 2.34. The molecule has 0 spiro atoms. The highest BCUT2D eigenvalue weighted by atomic mass is 32.2. The van der Waals surface area contributed by atoms with Gasteiger partial charge in [0.2, 0.25) is 0 Å². The van der Waals surface area contributed by atoms with Crippen LogP contribution in [0, 0.1) is 0 Å². The lowest BCUT2D eigenvalue weighted by atomic mass is 10.0. The van der Waals surface area contributed by atoms with E-state index in [9.17, 15) is 0 Å². The fourth-order valence-electron chi connectivity index (χ4n) is 3.01. The number of rotatable bonds is 1. The second kappa shape index (κ2) is 5.12. The fraction of sp³-hybridized carbons (Fsp3) is 0.222. The van der Waals surface area contributed by atoms with Crippen LogP contribution in [-0.2, 0) is 15.6 Å². The van der Waals surface area contributed by atoms with E-state index in [0.717, 1.165) is 24.7 Å². The van der Waals surface area contributed by atoms with Crippen LogP contribution in [-0.4, -0.2) is 24.7 Å². The summed E-state index contributed by atoms with van der Waals surface area (Å²) in [6, 6.07) is 19.9. The van der Waals surface area contributed by atoms with Crippen molar-refractivity contribution in [1.82, 2.24) is 0 Å². The van der Waals surface area contributed by atoms with Gasteiger partial charge in [-0.15, -0.1) is 0 Å². The monoisotopic (exact) mass is 281 g/mol. The lowest BCUT2D eigenvalue weighted by molar-refractivity contribution is 0.159. The van der Waals surface area contributed by atoms with Crippen molar-refractivity contribution in [1.29, 1.82) is 0 Å². The largest absolute Gasteiger partial charge is 0.372 e. The van der Waals surface area contributed by atoms with Crippen molar-refractivity contribution in [3.8, 4) is 0 Å². The summed E-state index contributed by atoms with van der Waals surface area (Å²) < 4.78 is 5.55. The van der Waals surface area contributed by atoms with Crippen LogP contribution in [0.25, 0.3) is 21.5 Å². The summed E-state index contributed by atoms with van der Waals surface area (Å²) >= 11 is 0. The molecule has 0 bridgehead atoms. The molecule has 1 saturated heterocycles. The maximum Gasteiger partial charge on any atom is 0.170 e. The smallest absolute Gasteiger partial charge is 0.170 e. The van der Waals surface area contributed by atoms with Crippen LogP contribution in [0.3, 0.4) is 0 Å². The van der Waals surface area contributed by atoms with Gasteiger partial charge in [0.15, 0.2) is 4.90 Å². The molecule has 3 aromatic rings. The molecule has 1 fully saturated rings. The average Bonchev–Trinajstić information content (AvgIpc) is 2.53. The van der Waals surface area contributed by atoms with Gasteiger partial charge in [0.05, 0.1) is 13.2 Å². The van der Waals surface area contributed by atoms with Crippen LogP contribution < -0.4 is 0 Å². The van der Waals surface area contributed by atoms with Gasteiger partial charge in [-0.1, -0.05) is 36.4 Å². The molecule has 4 rings (SSSR count). The predicted molar refractivity (Wildman–Crippen MR) is 87.6 cm³/mol. The molecule has 100 valence electrons. The zero-order chi connectivity index (χ0) is 13.4. The van der Waals surface area contributed by atoms with E-state index in [1.54, 1.807) is 4.90 Å². The molecule has 0 aromatic heterocycles. The average molecular weight is 281 g/mol. The Kier molecular flexibility index (Phi) is 3.13. The minimum atomic E-state index is 0.318. The second-order valence-corrected chi connectivity index (χ2v) is 7.37. The second-order valence-electron chi connectivity index (χ2n) is 5.16. The molecule has 3 aromatic carbocycles. The van der Waals surface area contributed by atoms with Crippen molar-refractivity contribution in [2.75, 3.05) is 24.7 Å². The molecule has 20 heavy (non-hydrogen) atoms. The van der Waals surface area contributed by atoms with Crippen molar-refractivity contribution in [2.24, 2.45) is 0 Å². The van der Waals surface area contributed by atoms with E-state index in [1.165, 1.54) is 21.5 Å². The Morgan fingerprint density at radius 3 is 1.90 bits per heavy atom. The molecule has 2 heteroatoms. The normalized spacial score (nSPS) is 16.8. The Balaban J connectivity index is 2.06. The standard InChI is InChI=1S/C18H17OS/c1-3-7-16-14(5-1)13-15-6-2-4-8-17(15)18(16)20-11-9-19-10-12-20/h1-8,13H,9-12H2/q+1. The number of benzene rings is 3. The summed E-state index contributed by atoms with van der Waals surface area (Å²) in [5.74, 6) is 2.33. The molecule has 0 N–H and O–H groups in total. The first kappa shape index (κ1) is 12.2. The summed E-state index contributed by atoms with van der Waals surface area (Å²) in [6.45, 7) is 1.81. The molecule has 0 aliphatic carbocycles. The van der Waals surface area contributed by atoms with Gasteiger partial charge in [-0.25, -0.2) is 0 Å². The zero-order valence-electron chi connectivity index (χ0n) is 11.3. The van der Waals surface area contributed by atoms with Gasteiger partial charge < -0.3 is 4.74 Å². The number of hydrogen-bond acceptors (Lipinski definition) is 1. The van der Waals surface area contributed by atoms with E-state index in [2.05, 4.69) is 54.6 Å². The molecule has 1 aliphatic rings. The molecule has 0 saturated carbocycles. The van der Waals surface area contributed by atoms with Gasteiger partial charge in [-0.3, -0.25) is 0 Å². The Hall–Kier alpha value is -1.51. The number of fused-ring (bicyclic) bond motifs is 2. The molecule has 0 radical (unpaired) electrons. The first-order valence-corrected chi connectivity index (χ1v) is 8.65. The fourth-order valence-corrected chi connectivity index (χ4v) is 5.25. The maximum atomic E-state index is 5.55. The Morgan fingerprint density at radius 1 is 0.750 bits per heavy atom. The molecule has 0 unspecified atom stereocenters. The topological polar surface area (TPSA) is 9.23 Å². The van der Waals surface area contributed by atoms with Gasteiger partial charge >= 0.3 is 0 Å². The third kappa shape index (κ3) is 2.00. The Morgan fingerprint density at radius 2 is 1.30 bits per heavy atom.